The maximum atomic E-state index is 14.4. The summed E-state index contributed by atoms with van der Waals surface area (Å²) in [6.07, 6.45) is -5.92. The van der Waals surface area contributed by atoms with Crippen molar-refractivity contribution in [1.29, 1.82) is 0 Å². The van der Waals surface area contributed by atoms with E-state index in [1.165, 1.54) is 0 Å². The molecule has 2 heterocycles. The van der Waals surface area contributed by atoms with Crippen molar-refractivity contribution in [2.45, 2.75) is 31.9 Å². The SMILES string of the molecule is CC(Nc1cc(-c2n[nH]c(=O)o2)cc(F)c1OC(F)(F)F)[C@H]1CCNC[C@H]1F. The number of H-pyrrole nitrogens is 1. The molecule has 0 aliphatic carbocycles. The van der Waals surface area contributed by atoms with E-state index >= 15 is 0 Å². The fraction of sp³-hybridized carbons (Fsp3) is 0.500. The summed E-state index contributed by atoms with van der Waals surface area (Å²) in [6.45, 7) is 2.25. The number of rotatable bonds is 5. The average Bonchev–Trinajstić information content (AvgIpc) is 3.03. The van der Waals surface area contributed by atoms with Gasteiger partial charge in [0, 0.05) is 24.1 Å². The molecule has 0 spiro atoms. The van der Waals surface area contributed by atoms with Crippen LogP contribution in [0.3, 0.4) is 0 Å². The van der Waals surface area contributed by atoms with Gasteiger partial charge in [-0.25, -0.2) is 18.7 Å². The van der Waals surface area contributed by atoms with Crippen LogP contribution in [0.15, 0.2) is 21.3 Å². The van der Waals surface area contributed by atoms with Gasteiger partial charge in [-0.15, -0.1) is 18.3 Å². The molecule has 1 aliphatic rings. The van der Waals surface area contributed by atoms with E-state index in [0.29, 0.717) is 19.0 Å². The molecule has 3 atom stereocenters. The lowest BCUT2D eigenvalue weighted by Crippen LogP contribution is -2.44. The molecular formula is C16H17F5N4O3. The Labute approximate surface area is 155 Å². The van der Waals surface area contributed by atoms with Gasteiger partial charge in [0.25, 0.3) is 0 Å². The van der Waals surface area contributed by atoms with Gasteiger partial charge in [-0.05, 0) is 32.0 Å². The highest BCUT2D eigenvalue weighted by Crippen LogP contribution is 2.37. The van der Waals surface area contributed by atoms with Crippen LogP contribution in [0.5, 0.6) is 5.75 Å². The van der Waals surface area contributed by atoms with E-state index in [2.05, 4.69) is 20.5 Å². The van der Waals surface area contributed by atoms with Crippen LogP contribution in [0.25, 0.3) is 11.5 Å². The molecule has 1 aromatic heterocycles. The maximum Gasteiger partial charge on any atom is 0.573 e. The lowest BCUT2D eigenvalue weighted by molar-refractivity contribution is -0.275. The monoisotopic (exact) mass is 408 g/mol. The summed E-state index contributed by atoms with van der Waals surface area (Å²) in [7, 11) is 0. The zero-order valence-electron chi connectivity index (χ0n) is 14.6. The highest BCUT2D eigenvalue weighted by atomic mass is 19.4. The van der Waals surface area contributed by atoms with E-state index < -0.39 is 41.8 Å². The number of benzene rings is 1. The minimum atomic E-state index is -5.14. The molecule has 7 nitrogen and oxygen atoms in total. The van der Waals surface area contributed by atoms with Gasteiger partial charge < -0.3 is 19.8 Å². The number of nitrogens with one attached hydrogen (secondary N) is 3. The predicted octanol–water partition coefficient (Wildman–Crippen LogP) is 2.82. The van der Waals surface area contributed by atoms with Crippen molar-refractivity contribution in [3.63, 3.8) is 0 Å². The third-order valence-corrected chi connectivity index (χ3v) is 4.43. The first kappa shape index (κ1) is 20.1. The Morgan fingerprint density at radius 2 is 2.14 bits per heavy atom. The van der Waals surface area contributed by atoms with Crippen molar-refractivity contribution >= 4 is 5.69 Å². The smallest absolute Gasteiger partial charge is 0.400 e. The highest BCUT2D eigenvalue weighted by Gasteiger charge is 2.35. The highest BCUT2D eigenvalue weighted by molar-refractivity contribution is 5.68. The minimum Gasteiger partial charge on any atom is -0.400 e. The normalized spacial score (nSPS) is 21.4. The van der Waals surface area contributed by atoms with Gasteiger partial charge in [-0.2, -0.15) is 0 Å². The van der Waals surface area contributed by atoms with E-state index in [9.17, 15) is 26.7 Å². The molecule has 2 aromatic rings. The second-order valence-electron chi connectivity index (χ2n) is 6.41. The van der Waals surface area contributed by atoms with Gasteiger partial charge in [0.05, 0.1) is 5.69 Å². The quantitative estimate of drug-likeness (QED) is 0.659. The lowest BCUT2D eigenvalue weighted by Gasteiger charge is -2.33. The molecule has 3 N–H and O–H groups in total. The largest absolute Gasteiger partial charge is 0.573 e. The molecule has 0 saturated carbocycles. The van der Waals surface area contributed by atoms with Gasteiger partial charge in [0.15, 0.2) is 11.6 Å². The molecule has 0 amide bonds. The third kappa shape index (κ3) is 4.61. The number of hydrogen-bond acceptors (Lipinski definition) is 6. The number of alkyl halides is 4. The maximum absolute atomic E-state index is 14.4. The molecule has 3 rings (SSSR count). The van der Waals surface area contributed by atoms with Crippen molar-refractivity contribution in [1.82, 2.24) is 15.5 Å². The molecule has 154 valence electrons. The second kappa shape index (κ2) is 7.78. The Morgan fingerprint density at radius 1 is 1.39 bits per heavy atom. The van der Waals surface area contributed by atoms with E-state index in [0.717, 1.165) is 6.07 Å². The zero-order chi connectivity index (χ0) is 20.5. The number of piperidine rings is 1. The van der Waals surface area contributed by atoms with Gasteiger partial charge >= 0.3 is 12.1 Å². The number of anilines is 1. The van der Waals surface area contributed by atoms with Crippen LogP contribution in [0, 0.1) is 11.7 Å². The van der Waals surface area contributed by atoms with Gasteiger partial charge in [-0.3, -0.25) is 0 Å². The standard InChI is InChI=1S/C16H17F5N4O3/c1-7(9-2-3-22-6-11(9)18)23-12-5-8(14-24-25-15(26)27-14)4-10(17)13(12)28-16(19,20)21/h4-5,7,9,11,22-23H,2-3,6H2,1H3,(H,25,26)/t7?,9-,11-/m1/s1. The first-order valence-electron chi connectivity index (χ1n) is 8.40. The van der Waals surface area contributed by atoms with Gasteiger partial charge in [-0.1, -0.05) is 0 Å². The number of halogens is 5. The van der Waals surface area contributed by atoms with Crippen LogP contribution in [0.2, 0.25) is 0 Å². The molecule has 28 heavy (non-hydrogen) atoms. The fourth-order valence-electron chi connectivity index (χ4n) is 3.15. The topological polar surface area (TPSA) is 92.2 Å². The summed E-state index contributed by atoms with van der Waals surface area (Å²) >= 11 is 0. The summed E-state index contributed by atoms with van der Waals surface area (Å²) in [5, 5.41) is 11.1. The Morgan fingerprint density at radius 3 is 2.75 bits per heavy atom. The first-order valence-corrected chi connectivity index (χ1v) is 8.40. The number of hydrogen-bond donors (Lipinski definition) is 3. The molecule has 1 fully saturated rings. The van der Waals surface area contributed by atoms with E-state index in [4.69, 9.17) is 4.42 Å². The van der Waals surface area contributed by atoms with E-state index in [1.807, 2.05) is 5.10 Å². The van der Waals surface area contributed by atoms with Crippen LogP contribution >= 0.6 is 0 Å². The minimum absolute atomic E-state index is 0.0952. The molecular weight excluding hydrogens is 391 g/mol. The Hall–Kier alpha value is -2.63. The second-order valence-corrected chi connectivity index (χ2v) is 6.41. The molecule has 0 radical (unpaired) electrons. The Balaban J connectivity index is 1.97. The average molecular weight is 408 g/mol. The predicted molar refractivity (Wildman–Crippen MR) is 88.2 cm³/mol. The van der Waals surface area contributed by atoms with Crippen LogP contribution in [0.4, 0.5) is 27.6 Å². The molecule has 1 aromatic carbocycles. The van der Waals surface area contributed by atoms with Crippen molar-refractivity contribution in [3.05, 3.63) is 28.5 Å². The summed E-state index contributed by atoms with van der Waals surface area (Å²) in [5.41, 5.74) is -0.460. The molecule has 0 bridgehead atoms. The van der Waals surface area contributed by atoms with E-state index in [1.54, 1.807) is 6.92 Å². The van der Waals surface area contributed by atoms with Gasteiger partial charge in [0.1, 0.15) is 6.17 Å². The zero-order valence-corrected chi connectivity index (χ0v) is 14.6. The Kier molecular flexibility index (Phi) is 5.59. The number of ether oxygens (including phenoxy) is 1. The van der Waals surface area contributed by atoms with Crippen LogP contribution in [-0.4, -0.2) is 41.9 Å². The van der Waals surface area contributed by atoms with Crippen molar-refractivity contribution in [2.75, 3.05) is 18.4 Å². The molecule has 1 aliphatic heterocycles. The summed E-state index contributed by atoms with van der Waals surface area (Å²) in [6, 6.07) is 1.15. The van der Waals surface area contributed by atoms with Crippen molar-refractivity contribution in [2.24, 2.45) is 5.92 Å². The van der Waals surface area contributed by atoms with Crippen molar-refractivity contribution in [3.8, 4) is 17.2 Å². The number of aromatic nitrogens is 2. The third-order valence-electron chi connectivity index (χ3n) is 4.43. The Bertz CT molecular complexity index is 882. The van der Waals surface area contributed by atoms with Crippen LogP contribution < -0.4 is 21.1 Å². The lowest BCUT2D eigenvalue weighted by atomic mass is 9.89. The van der Waals surface area contributed by atoms with E-state index in [-0.39, 0.29) is 23.7 Å². The number of nitrogens with zero attached hydrogens (tertiary/aromatic N) is 1. The van der Waals surface area contributed by atoms with Gasteiger partial charge in [0.2, 0.25) is 5.89 Å². The van der Waals surface area contributed by atoms with Crippen LogP contribution in [0.1, 0.15) is 13.3 Å². The molecule has 1 saturated heterocycles. The van der Waals surface area contributed by atoms with Crippen molar-refractivity contribution < 1.29 is 31.1 Å². The first-order chi connectivity index (χ1) is 13.1. The fourth-order valence-corrected chi connectivity index (χ4v) is 3.15. The summed E-state index contributed by atoms with van der Waals surface area (Å²) in [4.78, 5) is 11.1. The molecule has 12 heteroatoms. The van der Waals surface area contributed by atoms with Crippen LogP contribution in [-0.2, 0) is 0 Å². The summed E-state index contributed by atoms with van der Waals surface area (Å²) in [5.74, 6) is -4.18. The molecule has 1 unspecified atom stereocenters. The summed E-state index contributed by atoms with van der Waals surface area (Å²) < 4.78 is 75.2. The number of aromatic amines is 1.